The van der Waals surface area contributed by atoms with Crippen molar-refractivity contribution < 1.29 is 0 Å². The Kier molecular flexibility index (Phi) is 2.11. The van der Waals surface area contributed by atoms with Crippen molar-refractivity contribution in [3.63, 3.8) is 0 Å². The summed E-state index contributed by atoms with van der Waals surface area (Å²) in [7, 11) is 0. The SMILES string of the molecule is CC1CC=CC=C1I. The predicted octanol–water partition coefficient (Wildman–Crippen LogP) is 2.90. The average molecular weight is 220 g/mol. The van der Waals surface area contributed by atoms with Crippen LogP contribution in [0.15, 0.2) is 21.8 Å². The first-order valence-corrected chi connectivity index (χ1v) is 3.91. The Morgan fingerprint density at radius 3 is 2.88 bits per heavy atom. The molecule has 8 heavy (non-hydrogen) atoms. The van der Waals surface area contributed by atoms with Crippen LogP contribution in [0.1, 0.15) is 13.3 Å². The molecule has 1 rings (SSSR count). The molecule has 0 amide bonds. The van der Waals surface area contributed by atoms with Gasteiger partial charge < -0.3 is 0 Å². The number of halogens is 1. The molecule has 0 heterocycles. The van der Waals surface area contributed by atoms with E-state index in [1.54, 1.807) is 0 Å². The molecule has 0 aromatic rings. The molecule has 0 nitrogen and oxygen atoms in total. The van der Waals surface area contributed by atoms with Crippen molar-refractivity contribution in [2.24, 2.45) is 5.92 Å². The lowest BCUT2D eigenvalue weighted by Gasteiger charge is -2.09. The lowest BCUT2D eigenvalue weighted by Crippen LogP contribution is -1.93. The van der Waals surface area contributed by atoms with Gasteiger partial charge in [0.1, 0.15) is 0 Å². The zero-order valence-corrected chi connectivity index (χ0v) is 7.05. The fourth-order valence-corrected chi connectivity index (χ4v) is 1.18. The van der Waals surface area contributed by atoms with E-state index in [2.05, 4.69) is 47.7 Å². The standard InChI is InChI=1S/C7H9I/c1-6-4-2-3-5-7(6)8/h2-3,5-6H,4H2,1H3. The molecular formula is C7H9I. The number of hydrogen-bond donors (Lipinski definition) is 0. The van der Waals surface area contributed by atoms with Crippen LogP contribution in [0.5, 0.6) is 0 Å². The summed E-state index contributed by atoms with van der Waals surface area (Å²) >= 11 is 2.39. The van der Waals surface area contributed by atoms with Crippen LogP contribution in [0.3, 0.4) is 0 Å². The topological polar surface area (TPSA) is 0 Å². The molecule has 0 aromatic carbocycles. The molecule has 0 N–H and O–H groups in total. The summed E-state index contributed by atoms with van der Waals surface area (Å²) in [4.78, 5) is 0. The Hall–Kier alpha value is 0.210. The molecule has 0 fully saturated rings. The van der Waals surface area contributed by atoms with Crippen molar-refractivity contribution >= 4 is 22.6 Å². The number of hydrogen-bond acceptors (Lipinski definition) is 0. The minimum atomic E-state index is 0.764. The molecule has 1 aliphatic rings. The average Bonchev–Trinajstić information content (AvgIpc) is 1.77. The maximum absolute atomic E-state index is 2.39. The molecule has 0 spiro atoms. The molecule has 1 aliphatic carbocycles. The zero-order chi connectivity index (χ0) is 5.98. The van der Waals surface area contributed by atoms with Gasteiger partial charge >= 0.3 is 0 Å². The quantitative estimate of drug-likeness (QED) is 0.550. The van der Waals surface area contributed by atoms with Crippen LogP contribution in [0.25, 0.3) is 0 Å². The largest absolute Gasteiger partial charge is 0.0839 e. The molecule has 0 saturated carbocycles. The van der Waals surface area contributed by atoms with Crippen molar-refractivity contribution in [3.8, 4) is 0 Å². The first kappa shape index (κ1) is 6.33. The van der Waals surface area contributed by atoms with E-state index in [4.69, 9.17) is 0 Å². The molecule has 0 radical (unpaired) electrons. The monoisotopic (exact) mass is 220 g/mol. The van der Waals surface area contributed by atoms with Gasteiger partial charge in [0.25, 0.3) is 0 Å². The predicted molar refractivity (Wildman–Crippen MR) is 45.0 cm³/mol. The fourth-order valence-electron chi connectivity index (χ4n) is 0.720. The van der Waals surface area contributed by atoms with E-state index < -0.39 is 0 Å². The van der Waals surface area contributed by atoms with Gasteiger partial charge in [-0.25, -0.2) is 0 Å². The maximum atomic E-state index is 2.39. The van der Waals surface area contributed by atoms with Gasteiger partial charge in [-0.05, 0) is 38.5 Å². The summed E-state index contributed by atoms with van der Waals surface area (Å²) in [6.07, 6.45) is 7.73. The van der Waals surface area contributed by atoms with E-state index in [1.165, 1.54) is 10.0 Å². The van der Waals surface area contributed by atoms with Crippen molar-refractivity contribution in [2.75, 3.05) is 0 Å². The molecule has 1 unspecified atom stereocenters. The molecule has 0 saturated heterocycles. The van der Waals surface area contributed by atoms with Gasteiger partial charge in [0.05, 0.1) is 0 Å². The van der Waals surface area contributed by atoms with Gasteiger partial charge in [-0.3, -0.25) is 0 Å². The molecule has 0 aromatic heterocycles. The first-order chi connectivity index (χ1) is 3.80. The highest BCUT2D eigenvalue weighted by Crippen LogP contribution is 2.24. The number of allylic oxidation sites excluding steroid dienone is 4. The second-order valence-electron chi connectivity index (χ2n) is 2.12. The molecule has 1 atom stereocenters. The van der Waals surface area contributed by atoms with Crippen LogP contribution in [-0.2, 0) is 0 Å². The molecule has 44 valence electrons. The highest BCUT2D eigenvalue weighted by molar-refractivity contribution is 14.1. The minimum absolute atomic E-state index is 0.764. The van der Waals surface area contributed by atoms with Gasteiger partial charge in [-0.15, -0.1) is 0 Å². The van der Waals surface area contributed by atoms with Crippen LogP contribution in [0, 0.1) is 5.92 Å². The summed E-state index contributed by atoms with van der Waals surface area (Å²) < 4.78 is 1.48. The Bertz CT molecular complexity index is 133. The summed E-state index contributed by atoms with van der Waals surface area (Å²) in [5, 5.41) is 0. The van der Waals surface area contributed by atoms with E-state index in [-0.39, 0.29) is 0 Å². The maximum Gasteiger partial charge on any atom is -0.00629 e. The molecule has 0 bridgehead atoms. The lowest BCUT2D eigenvalue weighted by atomic mass is 10.0. The Balaban J connectivity index is 2.66. The summed E-state index contributed by atoms with van der Waals surface area (Å²) in [5.74, 6) is 0.764. The second kappa shape index (κ2) is 2.67. The smallest absolute Gasteiger partial charge is 0.00629 e. The lowest BCUT2D eigenvalue weighted by molar-refractivity contribution is 0.731. The van der Waals surface area contributed by atoms with Crippen molar-refractivity contribution in [2.45, 2.75) is 13.3 Å². The van der Waals surface area contributed by atoms with E-state index in [1.807, 2.05) is 0 Å². The number of rotatable bonds is 0. The summed E-state index contributed by atoms with van der Waals surface area (Å²) in [6, 6.07) is 0. The van der Waals surface area contributed by atoms with Crippen LogP contribution in [0.4, 0.5) is 0 Å². The minimum Gasteiger partial charge on any atom is -0.0839 e. The van der Waals surface area contributed by atoms with Gasteiger partial charge in [0.2, 0.25) is 0 Å². The first-order valence-electron chi connectivity index (χ1n) is 2.83. The Labute approximate surface area is 63.8 Å². The van der Waals surface area contributed by atoms with Crippen LogP contribution >= 0.6 is 22.6 Å². The highest BCUT2D eigenvalue weighted by atomic mass is 127. The van der Waals surface area contributed by atoms with Crippen LogP contribution in [-0.4, -0.2) is 0 Å². The van der Waals surface area contributed by atoms with E-state index in [0.717, 1.165) is 5.92 Å². The van der Waals surface area contributed by atoms with E-state index in [9.17, 15) is 0 Å². The van der Waals surface area contributed by atoms with Crippen LogP contribution in [0.2, 0.25) is 0 Å². The van der Waals surface area contributed by atoms with E-state index in [0.29, 0.717) is 0 Å². The van der Waals surface area contributed by atoms with Gasteiger partial charge in [0.15, 0.2) is 0 Å². The second-order valence-corrected chi connectivity index (χ2v) is 3.36. The highest BCUT2D eigenvalue weighted by Gasteiger charge is 2.04. The van der Waals surface area contributed by atoms with Crippen LogP contribution < -0.4 is 0 Å². The van der Waals surface area contributed by atoms with Crippen molar-refractivity contribution in [1.29, 1.82) is 0 Å². The molecule has 1 heteroatoms. The van der Waals surface area contributed by atoms with Gasteiger partial charge in [0, 0.05) is 0 Å². The fraction of sp³-hybridized carbons (Fsp3) is 0.429. The molecular weight excluding hydrogens is 211 g/mol. The Morgan fingerprint density at radius 2 is 2.50 bits per heavy atom. The normalized spacial score (nSPS) is 27.8. The zero-order valence-electron chi connectivity index (χ0n) is 4.89. The summed E-state index contributed by atoms with van der Waals surface area (Å²) in [6.45, 7) is 2.25. The summed E-state index contributed by atoms with van der Waals surface area (Å²) in [5.41, 5.74) is 0. The third kappa shape index (κ3) is 1.34. The van der Waals surface area contributed by atoms with Crippen molar-refractivity contribution in [1.82, 2.24) is 0 Å². The van der Waals surface area contributed by atoms with Gasteiger partial charge in [-0.2, -0.15) is 0 Å². The van der Waals surface area contributed by atoms with Gasteiger partial charge in [-0.1, -0.05) is 25.2 Å². The Morgan fingerprint density at radius 1 is 1.75 bits per heavy atom. The third-order valence-electron chi connectivity index (χ3n) is 1.35. The third-order valence-corrected chi connectivity index (χ3v) is 2.77. The molecule has 0 aliphatic heterocycles. The van der Waals surface area contributed by atoms with E-state index >= 15 is 0 Å². The van der Waals surface area contributed by atoms with Crippen molar-refractivity contribution in [3.05, 3.63) is 21.8 Å².